The van der Waals surface area contributed by atoms with E-state index in [1.165, 1.54) is 6.42 Å². The van der Waals surface area contributed by atoms with Crippen LogP contribution in [0.15, 0.2) is 0 Å². The highest BCUT2D eigenvalue weighted by Crippen LogP contribution is 2.32. The first-order valence-electron chi connectivity index (χ1n) is 6.22. The zero-order chi connectivity index (χ0) is 11.6. The second-order valence-corrected chi connectivity index (χ2v) is 5.33. The predicted molar refractivity (Wildman–Crippen MR) is 62.0 cm³/mol. The SMILES string of the molecule is COC1CCC(NC(=O)CC2(N)CCC2)C1. The third kappa shape index (κ3) is 2.74. The first-order chi connectivity index (χ1) is 7.61. The average Bonchev–Trinajstić information content (AvgIpc) is 2.63. The Morgan fingerprint density at radius 2 is 2.25 bits per heavy atom. The Kier molecular flexibility index (Phi) is 3.50. The number of methoxy groups -OCH3 is 1. The molecular formula is C12H22N2O2. The molecule has 2 aliphatic rings. The van der Waals surface area contributed by atoms with E-state index in [9.17, 15) is 4.79 Å². The van der Waals surface area contributed by atoms with Crippen molar-refractivity contribution in [2.75, 3.05) is 7.11 Å². The summed E-state index contributed by atoms with van der Waals surface area (Å²) in [4.78, 5) is 11.8. The first kappa shape index (κ1) is 11.9. The second kappa shape index (κ2) is 4.72. The molecule has 92 valence electrons. The van der Waals surface area contributed by atoms with Gasteiger partial charge in [0.25, 0.3) is 0 Å². The lowest BCUT2D eigenvalue weighted by Gasteiger charge is -2.37. The molecule has 4 heteroatoms. The number of hydrogen-bond acceptors (Lipinski definition) is 3. The molecule has 0 aromatic carbocycles. The third-order valence-corrected chi connectivity index (χ3v) is 3.94. The predicted octanol–water partition coefficient (Wildman–Crippen LogP) is 0.942. The van der Waals surface area contributed by atoms with Crippen molar-refractivity contribution in [2.24, 2.45) is 5.73 Å². The van der Waals surface area contributed by atoms with E-state index in [0.29, 0.717) is 18.6 Å². The molecule has 0 aromatic heterocycles. The van der Waals surface area contributed by atoms with E-state index in [-0.39, 0.29) is 11.4 Å². The van der Waals surface area contributed by atoms with E-state index in [2.05, 4.69) is 5.32 Å². The van der Waals surface area contributed by atoms with Crippen molar-refractivity contribution >= 4 is 5.91 Å². The van der Waals surface area contributed by atoms with Crippen LogP contribution in [0.25, 0.3) is 0 Å². The van der Waals surface area contributed by atoms with Gasteiger partial charge in [-0.25, -0.2) is 0 Å². The summed E-state index contributed by atoms with van der Waals surface area (Å²) in [6.45, 7) is 0. The number of rotatable bonds is 4. The second-order valence-electron chi connectivity index (χ2n) is 5.33. The average molecular weight is 226 g/mol. The fourth-order valence-corrected chi connectivity index (χ4v) is 2.69. The summed E-state index contributed by atoms with van der Waals surface area (Å²) < 4.78 is 5.28. The van der Waals surface area contributed by atoms with E-state index in [0.717, 1.165) is 32.1 Å². The van der Waals surface area contributed by atoms with Gasteiger partial charge in [-0.3, -0.25) is 4.79 Å². The minimum atomic E-state index is -0.205. The van der Waals surface area contributed by atoms with E-state index in [4.69, 9.17) is 10.5 Å². The van der Waals surface area contributed by atoms with Gasteiger partial charge in [-0.1, -0.05) is 0 Å². The Morgan fingerprint density at radius 3 is 2.75 bits per heavy atom. The van der Waals surface area contributed by atoms with Crippen molar-refractivity contribution in [3.05, 3.63) is 0 Å². The van der Waals surface area contributed by atoms with Crippen LogP contribution in [-0.4, -0.2) is 30.7 Å². The van der Waals surface area contributed by atoms with Crippen LogP contribution >= 0.6 is 0 Å². The van der Waals surface area contributed by atoms with Crippen molar-refractivity contribution in [3.8, 4) is 0 Å². The molecule has 0 saturated heterocycles. The molecule has 0 bridgehead atoms. The lowest BCUT2D eigenvalue weighted by Crippen LogP contribution is -2.50. The van der Waals surface area contributed by atoms with Gasteiger partial charge in [-0.05, 0) is 38.5 Å². The maximum atomic E-state index is 11.8. The smallest absolute Gasteiger partial charge is 0.222 e. The summed E-state index contributed by atoms with van der Waals surface area (Å²) >= 11 is 0. The van der Waals surface area contributed by atoms with Crippen LogP contribution in [0.2, 0.25) is 0 Å². The molecule has 2 aliphatic carbocycles. The lowest BCUT2D eigenvalue weighted by molar-refractivity contribution is -0.123. The number of nitrogens with one attached hydrogen (secondary N) is 1. The molecular weight excluding hydrogens is 204 g/mol. The highest BCUT2D eigenvalue weighted by atomic mass is 16.5. The van der Waals surface area contributed by atoms with Crippen molar-refractivity contribution in [1.82, 2.24) is 5.32 Å². The number of hydrogen-bond donors (Lipinski definition) is 2. The Hall–Kier alpha value is -0.610. The summed E-state index contributed by atoms with van der Waals surface area (Å²) in [5.41, 5.74) is 5.84. The summed E-state index contributed by atoms with van der Waals surface area (Å²) in [6.07, 6.45) is 6.98. The van der Waals surface area contributed by atoms with Gasteiger partial charge in [0.2, 0.25) is 5.91 Å². The zero-order valence-electron chi connectivity index (χ0n) is 10.00. The van der Waals surface area contributed by atoms with Gasteiger partial charge in [-0.15, -0.1) is 0 Å². The van der Waals surface area contributed by atoms with Gasteiger partial charge in [0, 0.05) is 25.1 Å². The fraction of sp³-hybridized carbons (Fsp3) is 0.917. The molecule has 2 rings (SSSR count). The maximum Gasteiger partial charge on any atom is 0.222 e. The van der Waals surface area contributed by atoms with Gasteiger partial charge < -0.3 is 15.8 Å². The molecule has 0 aliphatic heterocycles. The molecule has 0 radical (unpaired) electrons. The molecule has 3 N–H and O–H groups in total. The molecule has 1 amide bonds. The van der Waals surface area contributed by atoms with Crippen LogP contribution in [0.4, 0.5) is 0 Å². The van der Waals surface area contributed by atoms with Crippen LogP contribution in [0.1, 0.15) is 44.9 Å². The Bertz CT molecular complexity index is 264. The maximum absolute atomic E-state index is 11.8. The monoisotopic (exact) mass is 226 g/mol. The number of nitrogens with two attached hydrogens (primary N) is 1. The molecule has 16 heavy (non-hydrogen) atoms. The van der Waals surface area contributed by atoms with Crippen LogP contribution in [0.3, 0.4) is 0 Å². The first-order valence-corrected chi connectivity index (χ1v) is 6.22. The topological polar surface area (TPSA) is 64.3 Å². The molecule has 2 unspecified atom stereocenters. The van der Waals surface area contributed by atoms with E-state index >= 15 is 0 Å². The molecule has 0 heterocycles. The summed E-state index contributed by atoms with van der Waals surface area (Å²) in [6, 6.07) is 0.293. The van der Waals surface area contributed by atoms with Gasteiger partial charge in [0.15, 0.2) is 0 Å². The van der Waals surface area contributed by atoms with E-state index in [1.807, 2.05) is 0 Å². The largest absolute Gasteiger partial charge is 0.381 e. The molecule has 2 atom stereocenters. The molecule has 2 fully saturated rings. The van der Waals surface area contributed by atoms with Crippen molar-refractivity contribution in [1.29, 1.82) is 0 Å². The van der Waals surface area contributed by atoms with Crippen LogP contribution in [0, 0.1) is 0 Å². The van der Waals surface area contributed by atoms with Gasteiger partial charge in [-0.2, -0.15) is 0 Å². The van der Waals surface area contributed by atoms with Gasteiger partial charge in [0.05, 0.1) is 6.10 Å². The molecule has 4 nitrogen and oxygen atoms in total. The third-order valence-electron chi connectivity index (χ3n) is 3.94. The summed E-state index contributed by atoms with van der Waals surface area (Å²) in [5, 5.41) is 3.07. The molecule has 0 aromatic rings. The highest BCUT2D eigenvalue weighted by Gasteiger charge is 2.35. The summed E-state index contributed by atoms with van der Waals surface area (Å²) in [5.74, 6) is 0.115. The standard InChI is InChI=1S/C12H22N2O2/c1-16-10-4-3-9(7-10)14-11(15)8-12(13)5-2-6-12/h9-10H,2-8,13H2,1H3,(H,14,15). The van der Waals surface area contributed by atoms with Crippen molar-refractivity contribution in [2.45, 2.75) is 62.6 Å². The number of carbonyl (C=O) groups is 1. The fourth-order valence-electron chi connectivity index (χ4n) is 2.69. The minimum Gasteiger partial charge on any atom is -0.381 e. The molecule has 2 saturated carbocycles. The normalized spacial score (nSPS) is 32.1. The van der Waals surface area contributed by atoms with Gasteiger partial charge in [0.1, 0.15) is 0 Å². The lowest BCUT2D eigenvalue weighted by atomic mass is 9.75. The molecule has 0 spiro atoms. The number of ether oxygens (including phenoxy) is 1. The Labute approximate surface area is 96.9 Å². The minimum absolute atomic E-state index is 0.115. The van der Waals surface area contributed by atoms with Gasteiger partial charge >= 0.3 is 0 Å². The van der Waals surface area contributed by atoms with E-state index < -0.39 is 0 Å². The van der Waals surface area contributed by atoms with Crippen LogP contribution < -0.4 is 11.1 Å². The van der Waals surface area contributed by atoms with Crippen molar-refractivity contribution in [3.63, 3.8) is 0 Å². The number of carbonyl (C=O) groups excluding carboxylic acids is 1. The summed E-state index contributed by atoms with van der Waals surface area (Å²) in [7, 11) is 1.73. The van der Waals surface area contributed by atoms with E-state index in [1.54, 1.807) is 7.11 Å². The highest BCUT2D eigenvalue weighted by molar-refractivity contribution is 5.77. The zero-order valence-corrected chi connectivity index (χ0v) is 10.00. The van der Waals surface area contributed by atoms with Crippen LogP contribution in [-0.2, 0) is 9.53 Å². The number of amides is 1. The van der Waals surface area contributed by atoms with Crippen LogP contribution in [0.5, 0.6) is 0 Å². The van der Waals surface area contributed by atoms with Crippen molar-refractivity contribution < 1.29 is 9.53 Å². The Balaban J connectivity index is 1.71. The quantitative estimate of drug-likeness (QED) is 0.750. The Morgan fingerprint density at radius 1 is 1.50 bits per heavy atom.